The van der Waals surface area contributed by atoms with Crippen LogP contribution in [-0.2, 0) is 138 Å². The van der Waals surface area contributed by atoms with Crippen molar-refractivity contribution in [1.82, 2.24) is 31.9 Å². The van der Waals surface area contributed by atoms with E-state index in [2.05, 4.69) is 31.9 Å². The van der Waals surface area contributed by atoms with E-state index in [4.69, 9.17) is 109 Å². The number of carbonyl (C=O) groups excluding carboxylic acids is 6. The Morgan fingerprint density at radius 3 is 0.807 bits per heavy atom. The molecule has 0 aromatic rings. The predicted molar refractivity (Wildman–Crippen MR) is 463 cm³/mol. The van der Waals surface area contributed by atoms with Crippen molar-refractivity contribution in [3.05, 3.63) is 0 Å². The summed E-state index contributed by atoms with van der Waals surface area (Å²) in [6.07, 6.45) is -116. The van der Waals surface area contributed by atoms with E-state index in [0.717, 1.165) is 41.5 Å². The van der Waals surface area contributed by atoms with Gasteiger partial charge in [0.25, 0.3) is 0 Å². The molecule has 866 valence electrons. The van der Waals surface area contributed by atoms with E-state index < -0.39 is 476 Å². The Bertz CT molecular complexity index is 4250. The fraction of sp³-hybridized carbons (Fsp3) is 0.929. The first-order valence-corrected chi connectivity index (χ1v) is 48.0. The third-order valence-corrected chi connectivity index (χ3v) is 27.4. The maximum absolute atomic E-state index is 13.5. The third-order valence-electron chi connectivity index (χ3n) is 27.4. The molecule has 12 heterocycles. The van der Waals surface area contributed by atoms with Crippen molar-refractivity contribution in [2.75, 3.05) is 72.7 Å². The first kappa shape index (κ1) is 123. The van der Waals surface area contributed by atoms with Gasteiger partial charge in [-0.25, -0.2) is 0 Å². The van der Waals surface area contributed by atoms with Crippen LogP contribution in [0, 0.1) is 0 Å². The maximum Gasteiger partial charge on any atom is 0.217 e. The van der Waals surface area contributed by atoms with Crippen LogP contribution >= 0.6 is 0 Å². The molecule has 0 bridgehead atoms. The minimum absolute atomic E-state index is 0.833. The second kappa shape index (κ2) is 54.0. The van der Waals surface area contributed by atoms with Crippen molar-refractivity contribution in [1.29, 1.82) is 0 Å². The normalized spacial score (nSPS) is 48.8. The first-order chi connectivity index (χ1) is 70.9. The molecule has 12 fully saturated rings. The highest BCUT2D eigenvalue weighted by molar-refractivity contribution is 5.75. The van der Waals surface area contributed by atoms with Crippen molar-refractivity contribution >= 4 is 35.4 Å². The average Bonchev–Trinajstić information content (AvgIpc) is 0.764. The lowest BCUT2D eigenvalue weighted by Crippen LogP contribution is -2.71. The molecule has 0 aliphatic carbocycles. The number of nitrogens with one attached hydrogen (secondary N) is 6. The molecule has 12 aliphatic rings. The quantitative estimate of drug-likeness (QED) is 0.0272. The molecule has 0 saturated carbocycles. The summed E-state index contributed by atoms with van der Waals surface area (Å²) in [5, 5.41) is 366. The third kappa shape index (κ3) is 27.7. The number of aliphatic hydroxyl groups excluding tert-OH is 31. The Balaban J connectivity index is 0.917. The van der Waals surface area contributed by atoms with Crippen molar-refractivity contribution < 1.29 is 296 Å². The lowest BCUT2D eigenvalue weighted by molar-refractivity contribution is -0.399. The van der Waals surface area contributed by atoms with Crippen LogP contribution in [0.15, 0.2) is 0 Å². The number of ether oxygens (including phenoxy) is 23. The minimum atomic E-state index is -2.76. The molecule has 12 aliphatic heterocycles. The zero-order chi connectivity index (χ0) is 110. The standard InChI is InChI=1S/C84H140N6O60/c1-19-43(105)56(118)61(123)79(131-19)129-18-36-69(51(113)37(73(127)132-36)85-20(2)99)144-76-40(88-23(5)102)53(115)68(33(15-98)138-76)147-82-64(126)70(148-84-72(59(121)47(109)29(11-94)136-84)150-78-42(90-25(7)104)55(117)67(32(14-97)140-78)146-81-63(125)58(120)46(108)28(10-93)135-81)49(111)35(141-82)17-130-83-71(149-77-41(89-24(6)103)54(116)66(31(13-96)139-77)145-80-62(124)57(119)45(107)27(9-92)134-80)60(122)48(110)34(142-83)16-128-74-39(87-22(4)101)52(114)65(30(12-95)137-74)143-75-38(86-21(3)100)50(112)44(106)26(8-91)133-75/h19,26-84,91-98,105-127H,8-18H2,1-7H3,(H,85,99)(H,86,100)(H,87,101)(H,88,102)(H,89,103)(H,90,104)/t19-,26+,27+,28+,29+,30+,31+,32+,33+,34+,35+,36+,37+,38+,39+,40+,41+,42+,43+,44-,45-,46-,47+,48+,49+,50+,51+,52+,53+,54+,55+,56+,57-,58-,59-,60-,61-,62+,63+,64-,65+,66+,67+,68+,69+,70-,71-,72-,73?,74+,75-,76-,77-,78-,79+,80-,81-,82-,83-,84+/m0/s1. The van der Waals surface area contributed by atoms with Gasteiger partial charge in [-0.05, 0) is 6.92 Å². The van der Waals surface area contributed by atoms with Gasteiger partial charge in [0.2, 0.25) is 35.4 Å². The van der Waals surface area contributed by atoms with Crippen LogP contribution in [0.2, 0.25) is 0 Å². The van der Waals surface area contributed by atoms with Crippen molar-refractivity contribution in [2.45, 2.75) is 417 Å². The summed E-state index contributed by atoms with van der Waals surface area (Å²) in [7, 11) is 0. The molecule has 6 amide bonds. The highest BCUT2D eigenvalue weighted by atomic mass is 16.8. The summed E-state index contributed by atoms with van der Waals surface area (Å²) >= 11 is 0. The van der Waals surface area contributed by atoms with Crippen LogP contribution in [0.1, 0.15) is 48.5 Å². The lowest BCUT2D eigenvalue weighted by atomic mass is 9.93. The van der Waals surface area contributed by atoms with Crippen LogP contribution in [0.3, 0.4) is 0 Å². The summed E-state index contributed by atoms with van der Waals surface area (Å²) in [6, 6.07) is -11.7. The minimum Gasteiger partial charge on any atom is -0.394 e. The number of hydrogen-bond donors (Lipinski definition) is 37. The van der Waals surface area contributed by atoms with E-state index >= 15 is 0 Å². The Kier molecular flexibility index (Phi) is 44.4. The molecule has 12 saturated heterocycles. The topological polar surface area (TPSA) is 1010 Å². The molecular weight excluding hydrogens is 2050 g/mol. The SMILES string of the molecule is CC(=O)N[C@H]1[C@H](O[C@H]2[C@H](O)[C@@H](NC(C)=O)C(O)O[C@@H]2CO[C@@H]2O[C@@H](C)[C@@H](O)[C@@H](O)[C@@H]2O)O[C@H](CO)[C@@H](O[C@@H]2O[C@H](CO[C@H]3O[C@H](CO[C@@H]4O[C@H](CO)[C@@H](O[C@@H]5O[C@H](CO)[C@H](O)[C@H](O)[C@H]5NC(C)=O)[C@H](O)[C@H]4NC(C)=O)[C@@H](O)[C@H](O)[C@@H]3O[C@@H]3O[C@H](CO)[C@@H](O[C@@H]4O[C@H](CO)[C@H](O)[C@H](O)[C@H]4O)[C@H](O)[C@H]3NC(C)=O)[C@@H](O)[C@H](O[C@H]3O[C@H](CO)[C@@H](O)[C@H](O)[C@@H]3O[C@@H]3O[C@H](CO)[C@@H](O[C@@H]4O[C@H](CO)[C@H](O)[C@H](O)[C@H]4O)[C@H](O)[C@H]3NC(C)=O)[C@@H]2O)[C@@H]1O. The molecule has 12 rings (SSSR count). The summed E-state index contributed by atoms with van der Waals surface area (Å²) in [5.41, 5.74) is 0. The van der Waals surface area contributed by atoms with Gasteiger partial charge in [0.05, 0.1) is 78.8 Å². The fourth-order valence-corrected chi connectivity index (χ4v) is 19.5. The van der Waals surface area contributed by atoms with E-state index in [9.17, 15) is 187 Å². The van der Waals surface area contributed by atoms with Gasteiger partial charge in [0, 0.05) is 41.5 Å². The second-order valence-corrected chi connectivity index (χ2v) is 38.1. The molecular formula is C84H140N6O60. The number of amides is 6. The molecule has 0 aromatic heterocycles. The summed E-state index contributed by atoms with van der Waals surface area (Å²) in [6.45, 7) is -5.92. The largest absolute Gasteiger partial charge is 0.394 e. The highest BCUT2D eigenvalue weighted by Gasteiger charge is 2.64. The van der Waals surface area contributed by atoms with E-state index in [-0.39, 0.29) is 0 Å². The number of carbonyl (C=O) groups is 6. The zero-order valence-corrected chi connectivity index (χ0v) is 81.1. The van der Waals surface area contributed by atoms with Gasteiger partial charge in [-0.15, -0.1) is 0 Å². The Morgan fingerprint density at radius 2 is 0.420 bits per heavy atom. The molecule has 60 atom stereocenters. The molecule has 0 radical (unpaired) electrons. The van der Waals surface area contributed by atoms with Gasteiger partial charge in [-0.1, -0.05) is 0 Å². The van der Waals surface area contributed by atoms with E-state index in [0.29, 0.717) is 0 Å². The summed E-state index contributed by atoms with van der Waals surface area (Å²) in [4.78, 5) is 78.3. The molecule has 66 heteroatoms. The number of hydrogen-bond acceptors (Lipinski definition) is 60. The molecule has 1 unspecified atom stereocenters. The van der Waals surface area contributed by atoms with Gasteiger partial charge in [-0.3, -0.25) is 28.8 Å². The summed E-state index contributed by atoms with van der Waals surface area (Å²) in [5.74, 6) is -5.79. The van der Waals surface area contributed by atoms with Crippen LogP contribution < -0.4 is 31.9 Å². The van der Waals surface area contributed by atoms with E-state index in [1.165, 1.54) is 6.92 Å². The van der Waals surface area contributed by atoms with Gasteiger partial charge in [0.1, 0.15) is 287 Å². The van der Waals surface area contributed by atoms with Crippen LogP contribution in [0.25, 0.3) is 0 Å². The van der Waals surface area contributed by atoms with Crippen molar-refractivity contribution in [3.8, 4) is 0 Å². The van der Waals surface area contributed by atoms with Crippen LogP contribution in [0.4, 0.5) is 0 Å². The van der Waals surface area contributed by atoms with Crippen LogP contribution in [0.5, 0.6) is 0 Å². The average molecular weight is 2190 g/mol. The highest BCUT2D eigenvalue weighted by Crippen LogP contribution is 2.43. The zero-order valence-electron chi connectivity index (χ0n) is 81.1. The fourth-order valence-electron chi connectivity index (χ4n) is 19.5. The Labute approximate surface area is 849 Å². The predicted octanol–water partition coefficient (Wildman–Crippen LogP) is -25.3. The Morgan fingerprint density at radius 1 is 0.187 bits per heavy atom. The lowest BCUT2D eigenvalue weighted by Gasteiger charge is -2.51. The molecule has 0 spiro atoms. The number of rotatable bonds is 39. The van der Waals surface area contributed by atoms with Gasteiger partial charge in [-0.2, -0.15) is 0 Å². The Hall–Kier alpha value is -5.34. The van der Waals surface area contributed by atoms with Gasteiger partial charge >= 0.3 is 0 Å². The monoisotopic (exact) mass is 2190 g/mol. The first-order valence-electron chi connectivity index (χ1n) is 48.0. The summed E-state index contributed by atoms with van der Waals surface area (Å²) < 4.78 is 139. The maximum atomic E-state index is 13.5. The van der Waals surface area contributed by atoms with Crippen LogP contribution in [-0.4, -0.2) is 635 Å². The van der Waals surface area contributed by atoms with E-state index in [1.807, 2.05) is 0 Å². The second-order valence-electron chi connectivity index (χ2n) is 38.1. The van der Waals surface area contributed by atoms with Gasteiger partial charge < -0.3 is 299 Å². The smallest absolute Gasteiger partial charge is 0.217 e. The van der Waals surface area contributed by atoms with Crippen molar-refractivity contribution in [2.24, 2.45) is 0 Å². The number of aliphatic hydroxyl groups is 31. The molecule has 37 N–H and O–H groups in total. The van der Waals surface area contributed by atoms with E-state index in [1.54, 1.807) is 0 Å². The molecule has 0 aromatic carbocycles. The van der Waals surface area contributed by atoms with Crippen molar-refractivity contribution in [3.63, 3.8) is 0 Å². The molecule has 66 nitrogen and oxygen atoms in total. The molecule has 150 heavy (non-hydrogen) atoms. The van der Waals surface area contributed by atoms with Gasteiger partial charge in [0.15, 0.2) is 75.5 Å².